The SMILES string of the molecule is COc1cc(CN)ccc1OCC(=O)NCC#N. The van der Waals surface area contributed by atoms with Gasteiger partial charge < -0.3 is 20.5 Å². The lowest BCUT2D eigenvalue weighted by Crippen LogP contribution is -2.29. The number of nitrogens with two attached hydrogens (primary N) is 1. The molecular weight excluding hydrogens is 234 g/mol. The molecule has 0 aliphatic carbocycles. The normalized spacial score (nSPS) is 9.39. The summed E-state index contributed by atoms with van der Waals surface area (Å²) in [6, 6.07) is 7.05. The Morgan fingerprint density at radius 1 is 1.50 bits per heavy atom. The Bertz CT molecular complexity index is 454. The molecule has 96 valence electrons. The van der Waals surface area contributed by atoms with Gasteiger partial charge in [-0.1, -0.05) is 6.07 Å². The van der Waals surface area contributed by atoms with Crippen LogP contribution >= 0.6 is 0 Å². The lowest BCUT2D eigenvalue weighted by molar-refractivity contribution is -0.122. The Morgan fingerprint density at radius 2 is 2.28 bits per heavy atom. The van der Waals surface area contributed by atoms with Crippen molar-refractivity contribution in [1.82, 2.24) is 5.32 Å². The molecular formula is C12H15N3O3. The van der Waals surface area contributed by atoms with E-state index in [1.807, 2.05) is 6.07 Å². The number of nitriles is 1. The van der Waals surface area contributed by atoms with E-state index in [1.54, 1.807) is 18.2 Å². The van der Waals surface area contributed by atoms with Crippen molar-refractivity contribution >= 4 is 5.91 Å². The molecule has 0 atom stereocenters. The molecule has 3 N–H and O–H groups in total. The predicted molar refractivity (Wildman–Crippen MR) is 65.0 cm³/mol. The molecule has 1 aromatic rings. The summed E-state index contributed by atoms with van der Waals surface area (Å²) in [6.45, 7) is 0.199. The third-order valence-corrected chi connectivity index (χ3v) is 2.19. The molecule has 0 unspecified atom stereocenters. The second kappa shape index (κ2) is 7.14. The standard InChI is InChI=1S/C12H15N3O3/c1-17-11-6-9(7-14)2-3-10(11)18-8-12(16)15-5-4-13/h2-3,6H,5,7-8,14H2,1H3,(H,15,16). The minimum Gasteiger partial charge on any atom is -0.493 e. The Hall–Kier alpha value is -2.26. The van der Waals surface area contributed by atoms with Crippen LogP contribution in [-0.4, -0.2) is 26.2 Å². The molecule has 18 heavy (non-hydrogen) atoms. The van der Waals surface area contributed by atoms with Crippen molar-refractivity contribution < 1.29 is 14.3 Å². The van der Waals surface area contributed by atoms with E-state index in [9.17, 15) is 4.79 Å². The van der Waals surface area contributed by atoms with Gasteiger partial charge in [-0.15, -0.1) is 0 Å². The van der Waals surface area contributed by atoms with Crippen LogP contribution in [0.15, 0.2) is 18.2 Å². The Labute approximate surface area is 105 Å². The summed E-state index contributed by atoms with van der Waals surface area (Å²) in [5, 5.41) is 10.7. The molecule has 0 spiro atoms. The number of ether oxygens (including phenoxy) is 2. The zero-order valence-electron chi connectivity index (χ0n) is 10.1. The summed E-state index contributed by atoms with van der Waals surface area (Å²) < 4.78 is 10.4. The fraction of sp³-hybridized carbons (Fsp3) is 0.333. The number of nitrogens with zero attached hydrogens (tertiary/aromatic N) is 1. The quantitative estimate of drug-likeness (QED) is 0.700. The van der Waals surface area contributed by atoms with E-state index >= 15 is 0 Å². The van der Waals surface area contributed by atoms with Crippen LogP contribution in [0.3, 0.4) is 0 Å². The second-order valence-electron chi connectivity index (χ2n) is 3.41. The van der Waals surface area contributed by atoms with Crippen LogP contribution in [0.5, 0.6) is 11.5 Å². The number of rotatable bonds is 6. The number of nitrogens with one attached hydrogen (secondary N) is 1. The number of carbonyl (C=O) groups excluding carboxylic acids is 1. The summed E-state index contributed by atoms with van der Waals surface area (Å²) >= 11 is 0. The Morgan fingerprint density at radius 3 is 2.89 bits per heavy atom. The van der Waals surface area contributed by atoms with E-state index in [0.717, 1.165) is 5.56 Å². The molecule has 1 rings (SSSR count). The summed E-state index contributed by atoms with van der Waals surface area (Å²) in [6.07, 6.45) is 0. The summed E-state index contributed by atoms with van der Waals surface area (Å²) in [5.74, 6) is 0.620. The first kappa shape index (κ1) is 13.8. The van der Waals surface area contributed by atoms with E-state index in [1.165, 1.54) is 7.11 Å². The number of hydrogen-bond acceptors (Lipinski definition) is 5. The number of amides is 1. The lowest BCUT2D eigenvalue weighted by Gasteiger charge is -2.11. The van der Waals surface area contributed by atoms with Crippen molar-refractivity contribution in [1.29, 1.82) is 5.26 Å². The Balaban J connectivity index is 2.62. The van der Waals surface area contributed by atoms with Gasteiger partial charge in [0.05, 0.1) is 13.2 Å². The van der Waals surface area contributed by atoms with E-state index in [0.29, 0.717) is 18.0 Å². The van der Waals surface area contributed by atoms with Crippen LogP contribution in [0.25, 0.3) is 0 Å². The highest BCUT2D eigenvalue weighted by molar-refractivity contribution is 5.77. The van der Waals surface area contributed by atoms with Gasteiger partial charge >= 0.3 is 0 Å². The first-order chi connectivity index (χ1) is 8.71. The average Bonchev–Trinajstić information content (AvgIpc) is 2.42. The molecule has 1 amide bonds. The van der Waals surface area contributed by atoms with Crippen molar-refractivity contribution in [3.8, 4) is 17.6 Å². The van der Waals surface area contributed by atoms with Crippen molar-refractivity contribution in [3.05, 3.63) is 23.8 Å². The Kier molecular flexibility index (Phi) is 5.48. The van der Waals surface area contributed by atoms with Crippen LogP contribution in [0.2, 0.25) is 0 Å². The molecule has 0 aromatic heterocycles. The van der Waals surface area contributed by atoms with Crippen LogP contribution in [0.4, 0.5) is 0 Å². The first-order valence-electron chi connectivity index (χ1n) is 5.34. The number of carbonyl (C=O) groups is 1. The maximum absolute atomic E-state index is 11.2. The fourth-order valence-corrected chi connectivity index (χ4v) is 1.29. The van der Waals surface area contributed by atoms with Gasteiger partial charge in [0.15, 0.2) is 18.1 Å². The summed E-state index contributed by atoms with van der Waals surface area (Å²) in [7, 11) is 1.51. The highest BCUT2D eigenvalue weighted by Crippen LogP contribution is 2.27. The monoisotopic (exact) mass is 249 g/mol. The van der Waals surface area contributed by atoms with Crippen LogP contribution < -0.4 is 20.5 Å². The molecule has 0 saturated carbocycles. The number of hydrogen-bond donors (Lipinski definition) is 2. The van der Waals surface area contributed by atoms with E-state index in [4.69, 9.17) is 20.5 Å². The third-order valence-electron chi connectivity index (χ3n) is 2.19. The minimum atomic E-state index is -0.360. The molecule has 0 fully saturated rings. The van der Waals surface area contributed by atoms with Gasteiger partial charge in [-0.3, -0.25) is 4.79 Å². The molecule has 1 aromatic carbocycles. The van der Waals surface area contributed by atoms with Gasteiger partial charge in [0.1, 0.15) is 6.54 Å². The maximum atomic E-state index is 11.2. The van der Waals surface area contributed by atoms with Crippen molar-refractivity contribution in [2.24, 2.45) is 5.73 Å². The van der Waals surface area contributed by atoms with Crippen LogP contribution in [0.1, 0.15) is 5.56 Å². The van der Waals surface area contributed by atoms with E-state index < -0.39 is 0 Å². The van der Waals surface area contributed by atoms with Gasteiger partial charge in [-0.2, -0.15) is 5.26 Å². The van der Waals surface area contributed by atoms with Gasteiger partial charge in [0.25, 0.3) is 5.91 Å². The van der Waals surface area contributed by atoms with Crippen molar-refractivity contribution in [2.75, 3.05) is 20.3 Å². The predicted octanol–water partition coefficient (Wildman–Crippen LogP) is 0.172. The molecule has 0 bridgehead atoms. The third kappa shape index (κ3) is 3.96. The van der Waals surface area contributed by atoms with Crippen molar-refractivity contribution in [3.63, 3.8) is 0 Å². The van der Waals surface area contributed by atoms with Gasteiger partial charge in [-0.25, -0.2) is 0 Å². The van der Waals surface area contributed by atoms with Crippen molar-refractivity contribution in [2.45, 2.75) is 6.54 Å². The second-order valence-corrected chi connectivity index (χ2v) is 3.41. The molecule has 0 heterocycles. The fourth-order valence-electron chi connectivity index (χ4n) is 1.29. The average molecular weight is 249 g/mol. The lowest BCUT2D eigenvalue weighted by atomic mass is 10.2. The number of methoxy groups -OCH3 is 1. The van der Waals surface area contributed by atoms with Crippen LogP contribution in [0, 0.1) is 11.3 Å². The van der Waals surface area contributed by atoms with Gasteiger partial charge in [0, 0.05) is 6.54 Å². The molecule has 0 saturated heterocycles. The van der Waals surface area contributed by atoms with Gasteiger partial charge in [-0.05, 0) is 17.7 Å². The number of benzene rings is 1. The topological polar surface area (TPSA) is 97.4 Å². The zero-order valence-corrected chi connectivity index (χ0v) is 10.1. The van der Waals surface area contributed by atoms with E-state index in [-0.39, 0.29) is 19.1 Å². The summed E-state index contributed by atoms with van der Waals surface area (Å²) in [5.41, 5.74) is 6.42. The summed E-state index contributed by atoms with van der Waals surface area (Å²) in [4.78, 5) is 11.2. The first-order valence-corrected chi connectivity index (χ1v) is 5.34. The highest BCUT2D eigenvalue weighted by Gasteiger charge is 2.07. The molecule has 6 nitrogen and oxygen atoms in total. The highest BCUT2D eigenvalue weighted by atomic mass is 16.5. The molecule has 6 heteroatoms. The minimum absolute atomic E-state index is 0.0363. The molecule has 0 aliphatic heterocycles. The largest absolute Gasteiger partial charge is 0.493 e. The zero-order chi connectivity index (χ0) is 13.4. The van der Waals surface area contributed by atoms with E-state index in [2.05, 4.69) is 5.32 Å². The maximum Gasteiger partial charge on any atom is 0.258 e. The smallest absolute Gasteiger partial charge is 0.258 e. The van der Waals surface area contributed by atoms with Gasteiger partial charge in [0.2, 0.25) is 0 Å². The molecule has 0 radical (unpaired) electrons. The van der Waals surface area contributed by atoms with Crippen LogP contribution in [-0.2, 0) is 11.3 Å². The molecule has 0 aliphatic rings.